The number of methoxy groups -OCH3 is 2. The first-order chi connectivity index (χ1) is 9.66. The Hall–Kier alpha value is -1.79. The molecule has 0 radical (unpaired) electrons. The SMILES string of the molecule is COc1cc(OC)cc([C@@](O)(CO)C(=O)OC(C)(C)C)c1. The minimum atomic E-state index is -2.19. The van der Waals surface area contributed by atoms with Crippen molar-refractivity contribution in [3.05, 3.63) is 23.8 Å². The maximum absolute atomic E-state index is 12.2. The van der Waals surface area contributed by atoms with Crippen LogP contribution in [0.15, 0.2) is 18.2 Å². The van der Waals surface area contributed by atoms with E-state index < -0.39 is 23.8 Å². The van der Waals surface area contributed by atoms with Gasteiger partial charge in [-0.05, 0) is 32.9 Å². The highest BCUT2D eigenvalue weighted by molar-refractivity contribution is 5.82. The zero-order valence-electron chi connectivity index (χ0n) is 13.0. The number of hydrogen-bond donors (Lipinski definition) is 2. The first kappa shape index (κ1) is 17.3. The fourth-order valence-electron chi connectivity index (χ4n) is 1.68. The Labute approximate surface area is 124 Å². The number of carbonyl (C=O) groups excluding carboxylic acids is 1. The molecule has 2 N–H and O–H groups in total. The molecule has 0 aromatic heterocycles. The third-order valence-corrected chi connectivity index (χ3v) is 2.79. The van der Waals surface area contributed by atoms with Crippen LogP contribution in [0.1, 0.15) is 26.3 Å². The zero-order valence-corrected chi connectivity index (χ0v) is 13.0. The predicted octanol–water partition coefficient (Wildman–Crippen LogP) is 1.23. The molecule has 1 aromatic rings. The van der Waals surface area contributed by atoms with Crippen LogP contribution in [0.25, 0.3) is 0 Å². The standard InChI is InChI=1S/C15H22O6/c1-14(2,3)21-13(17)15(18,9-16)10-6-11(19-4)8-12(7-10)20-5/h6-8,16,18H,9H2,1-5H3/t15-/m0/s1. The lowest BCUT2D eigenvalue weighted by atomic mass is 9.94. The molecule has 6 nitrogen and oxygen atoms in total. The summed E-state index contributed by atoms with van der Waals surface area (Å²) >= 11 is 0. The molecule has 1 rings (SSSR count). The van der Waals surface area contributed by atoms with Crippen LogP contribution in [-0.4, -0.2) is 42.6 Å². The van der Waals surface area contributed by atoms with Crippen molar-refractivity contribution in [3.63, 3.8) is 0 Å². The van der Waals surface area contributed by atoms with Crippen molar-refractivity contribution in [2.45, 2.75) is 32.0 Å². The number of aliphatic hydroxyl groups excluding tert-OH is 1. The van der Waals surface area contributed by atoms with E-state index in [1.165, 1.54) is 26.4 Å². The second kappa shape index (κ2) is 6.32. The molecule has 0 aliphatic rings. The molecule has 0 saturated carbocycles. The lowest BCUT2D eigenvalue weighted by molar-refractivity contribution is -0.182. The van der Waals surface area contributed by atoms with Crippen molar-refractivity contribution < 1.29 is 29.2 Å². The van der Waals surface area contributed by atoms with Crippen LogP contribution in [0.5, 0.6) is 11.5 Å². The van der Waals surface area contributed by atoms with E-state index in [2.05, 4.69) is 0 Å². The molecule has 1 atom stereocenters. The van der Waals surface area contributed by atoms with E-state index in [0.29, 0.717) is 11.5 Å². The fourth-order valence-corrected chi connectivity index (χ4v) is 1.68. The second-order valence-corrected chi connectivity index (χ2v) is 5.62. The monoisotopic (exact) mass is 298 g/mol. The van der Waals surface area contributed by atoms with Gasteiger partial charge in [0.05, 0.1) is 20.8 Å². The summed E-state index contributed by atoms with van der Waals surface area (Å²) in [6, 6.07) is 4.49. The molecule has 118 valence electrons. The van der Waals surface area contributed by atoms with Gasteiger partial charge < -0.3 is 24.4 Å². The van der Waals surface area contributed by atoms with Crippen LogP contribution in [-0.2, 0) is 15.1 Å². The molecule has 0 fully saturated rings. The number of rotatable bonds is 5. The molecule has 6 heteroatoms. The van der Waals surface area contributed by atoms with E-state index in [0.717, 1.165) is 0 Å². The first-order valence-corrected chi connectivity index (χ1v) is 6.46. The molecule has 0 unspecified atom stereocenters. The van der Waals surface area contributed by atoms with Gasteiger partial charge in [-0.3, -0.25) is 0 Å². The predicted molar refractivity (Wildman–Crippen MR) is 76.4 cm³/mol. The van der Waals surface area contributed by atoms with Gasteiger partial charge in [-0.2, -0.15) is 0 Å². The minimum Gasteiger partial charge on any atom is -0.497 e. The Morgan fingerprint density at radius 2 is 1.57 bits per heavy atom. The van der Waals surface area contributed by atoms with Gasteiger partial charge in [-0.25, -0.2) is 4.79 Å². The number of benzene rings is 1. The molecule has 0 heterocycles. The smallest absolute Gasteiger partial charge is 0.345 e. The average Bonchev–Trinajstić information content (AvgIpc) is 2.43. The van der Waals surface area contributed by atoms with Gasteiger partial charge in [0.1, 0.15) is 17.1 Å². The summed E-state index contributed by atoms with van der Waals surface area (Å²) < 4.78 is 15.4. The van der Waals surface area contributed by atoms with Crippen molar-refractivity contribution in [3.8, 4) is 11.5 Å². The molecule has 0 aliphatic carbocycles. The summed E-state index contributed by atoms with van der Waals surface area (Å²) in [5.41, 5.74) is -2.84. The largest absolute Gasteiger partial charge is 0.497 e. The highest BCUT2D eigenvalue weighted by atomic mass is 16.6. The Morgan fingerprint density at radius 1 is 1.10 bits per heavy atom. The summed E-state index contributed by atoms with van der Waals surface area (Å²) in [5.74, 6) is -0.160. The number of aliphatic hydroxyl groups is 2. The van der Waals surface area contributed by atoms with Crippen LogP contribution < -0.4 is 9.47 Å². The van der Waals surface area contributed by atoms with Crippen molar-refractivity contribution in [1.29, 1.82) is 0 Å². The van der Waals surface area contributed by atoms with Gasteiger partial charge in [0.15, 0.2) is 0 Å². The fraction of sp³-hybridized carbons (Fsp3) is 0.533. The summed E-state index contributed by atoms with van der Waals surface area (Å²) in [6.07, 6.45) is 0. The maximum atomic E-state index is 12.2. The Morgan fingerprint density at radius 3 is 1.90 bits per heavy atom. The van der Waals surface area contributed by atoms with Crippen molar-refractivity contribution in [1.82, 2.24) is 0 Å². The summed E-state index contributed by atoms with van der Waals surface area (Å²) in [7, 11) is 2.90. The Balaban J connectivity index is 3.27. The van der Waals surface area contributed by atoms with E-state index in [-0.39, 0.29) is 5.56 Å². The second-order valence-electron chi connectivity index (χ2n) is 5.62. The van der Waals surface area contributed by atoms with Crippen LogP contribution in [0.3, 0.4) is 0 Å². The van der Waals surface area contributed by atoms with Gasteiger partial charge in [0.25, 0.3) is 0 Å². The third kappa shape index (κ3) is 4.09. The third-order valence-electron chi connectivity index (χ3n) is 2.79. The first-order valence-electron chi connectivity index (χ1n) is 6.46. The number of esters is 1. The van der Waals surface area contributed by atoms with Crippen LogP contribution in [0.2, 0.25) is 0 Å². The lowest BCUT2D eigenvalue weighted by Gasteiger charge is -2.29. The van der Waals surface area contributed by atoms with Gasteiger partial charge >= 0.3 is 5.97 Å². The molecule has 0 amide bonds. The van der Waals surface area contributed by atoms with Gasteiger partial charge in [-0.1, -0.05) is 0 Å². The maximum Gasteiger partial charge on any atom is 0.345 e. The molecule has 0 spiro atoms. The molecular formula is C15H22O6. The average molecular weight is 298 g/mol. The van der Waals surface area contributed by atoms with Crippen LogP contribution in [0, 0.1) is 0 Å². The summed E-state index contributed by atoms with van der Waals surface area (Å²) in [5, 5.41) is 20.0. The zero-order chi connectivity index (χ0) is 16.3. The van der Waals surface area contributed by atoms with E-state index in [1.807, 2.05) is 0 Å². The highest BCUT2D eigenvalue weighted by Crippen LogP contribution is 2.31. The van der Waals surface area contributed by atoms with E-state index >= 15 is 0 Å². The number of hydrogen-bond acceptors (Lipinski definition) is 6. The van der Waals surface area contributed by atoms with Crippen molar-refractivity contribution in [2.75, 3.05) is 20.8 Å². The summed E-state index contributed by atoms with van der Waals surface area (Å²) in [4.78, 5) is 12.2. The summed E-state index contributed by atoms with van der Waals surface area (Å²) in [6.45, 7) is 4.21. The molecule has 0 bridgehead atoms. The molecule has 21 heavy (non-hydrogen) atoms. The topological polar surface area (TPSA) is 85.2 Å². The Bertz CT molecular complexity index is 483. The van der Waals surface area contributed by atoms with Gasteiger partial charge in [-0.15, -0.1) is 0 Å². The quantitative estimate of drug-likeness (QED) is 0.795. The number of ether oxygens (including phenoxy) is 3. The molecule has 0 saturated heterocycles. The molecule has 1 aromatic carbocycles. The van der Waals surface area contributed by atoms with Crippen LogP contribution >= 0.6 is 0 Å². The lowest BCUT2D eigenvalue weighted by Crippen LogP contribution is -2.44. The molecular weight excluding hydrogens is 276 g/mol. The van der Waals surface area contributed by atoms with E-state index in [4.69, 9.17) is 14.2 Å². The Kier molecular flexibility index (Phi) is 5.20. The van der Waals surface area contributed by atoms with Crippen molar-refractivity contribution >= 4 is 5.97 Å². The minimum absolute atomic E-state index is 0.135. The number of carbonyl (C=O) groups is 1. The molecule has 0 aliphatic heterocycles. The van der Waals surface area contributed by atoms with Gasteiger partial charge in [0, 0.05) is 11.6 Å². The van der Waals surface area contributed by atoms with Crippen LogP contribution in [0.4, 0.5) is 0 Å². The highest BCUT2D eigenvalue weighted by Gasteiger charge is 2.41. The van der Waals surface area contributed by atoms with E-state index in [9.17, 15) is 15.0 Å². The van der Waals surface area contributed by atoms with Crippen molar-refractivity contribution in [2.24, 2.45) is 0 Å². The van der Waals surface area contributed by atoms with E-state index in [1.54, 1.807) is 26.8 Å². The van der Waals surface area contributed by atoms with Gasteiger partial charge in [0.2, 0.25) is 5.60 Å². The normalized spacial score (nSPS) is 14.2.